The molecule has 5 nitrogen and oxygen atoms in total. The summed E-state index contributed by atoms with van der Waals surface area (Å²) >= 11 is 6.67. The SMILES string of the molecule is C=C1Nc2c(Cl)cc3cc(CNC(C)(C)CCO)oc3c2C2(CCCCC2)N1. The van der Waals surface area contributed by atoms with Crippen molar-refractivity contribution in [1.82, 2.24) is 10.6 Å². The van der Waals surface area contributed by atoms with Gasteiger partial charge in [-0.25, -0.2) is 0 Å². The molecule has 152 valence electrons. The van der Waals surface area contributed by atoms with Crippen LogP contribution in [-0.2, 0) is 12.1 Å². The van der Waals surface area contributed by atoms with Crippen molar-refractivity contribution in [1.29, 1.82) is 0 Å². The molecule has 0 unspecified atom stereocenters. The number of furan rings is 1. The molecule has 0 radical (unpaired) electrons. The molecule has 1 aliphatic carbocycles. The lowest BCUT2D eigenvalue weighted by Gasteiger charge is -2.44. The summed E-state index contributed by atoms with van der Waals surface area (Å²) in [5, 5.41) is 21.4. The number of halogens is 1. The minimum absolute atomic E-state index is 0.157. The molecular formula is C22H30ClN3O2. The van der Waals surface area contributed by atoms with Gasteiger partial charge in [-0.2, -0.15) is 0 Å². The minimum Gasteiger partial charge on any atom is -0.459 e. The van der Waals surface area contributed by atoms with E-state index in [2.05, 4.69) is 42.4 Å². The molecule has 0 atom stereocenters. The average molecular weight is 404 g/mol. The number of benzene rings is 1. The molecule has 1 saturated carbocycles. The van der Waals surface area contributed by atoms with Crippen LogP contribution in [0.2, 0.25) is 5.02 Å². The second-order valence-corrected chi connectivity index (χ2v) is 9.23. The van der Waals surface area contributed by atoms with E-state index in [0.717, 1.165) is 46.6 Å². The lowest BCUT2D eigenvalue weighted by Crippen LogP contribution is -2.48. The molecule has 1 fully saturated rings. The topological polar surface area (TPSA) is 69.5 Å². The Morgan fingerprint density at radius 2 is 2.04 bits per heavy atom. The molecule has 4 N–H and O–H groups in total. The van der Waals surface area contributed by atoms with E-state index in [0.29, 0.717) is 18.0 Å². The summed E-state index contributed by atoms with van der Waals surface area (Å²) in [7, 11) is 0. The molecule has 1 spiro atoms. The summed E-state index contributed by atoms with van der Waals surface area (Å²) in [5.74, 6) is 1.68. The Labute approximate surface area is 171 Å². The minimum atomic E-state index is -0.169. The summed E-state index contributed by atoms with van der Waals surface area (Å²) in [6.07, 6.45) is 6.40. The van der Waals surface area contributed by atoms with Gasteiger partial charge in [0.05, 0.1) is 28.6 Å². The molecule has 1 aromatic heterocycles. The van der Waals surface area contributed by atoms with Gasteiger partial charge >= 0.3 is 0 Å². The van der Waals surface area contributed by atoms with Gasteiger partial charge in [0.2, 0.25) is 0 Å². The Balaban J connectivity index is 1.76. The van der Waals surface area contributed by atoms with Crippen molar-refractivity contribution in [2.75, 3.05) is 11.9 Å². The first kappa shape index (κ1) is 19.6. The maximum Gasteiger partial charge on any atom is 0.142 e. The third-order valence-electron chi connectivity index (χ3n) is 6.14. The van der Waals surface area contributed by atoms with Crippen molar-refractivity contribution in [3.63, 3.8) is 0 Å². The van der Waals surface area contributed by atoms with Gasteiger partial charge < -0.3 is 25.5 Å². The Morgan fingerprint density at radius 1 is 1.29 bits per heavy atom. The Morgan fingerprint density at radius 3 is 2.75 bits per heavy atom. The predicted octanol–water partition coefficient (Wildman–Crippen LogP) is 4.98. The van der Waals surface area contributed by atoms with Crippen LogP contribution >= 0.6 is 11.6 Å². The van der Waals surface area contributed by atoms with E-state index in [9.17, 15) is 5.11 Å². The fourth-order valence-corrected chi connectivity index (χ4v) is 4.89. The molecule has 2 heterocycles. The summed E-state index contributed by atoms with van der Waals surface area (Å²) in [6, 6.07) is 4.05. The highest BCUT2D eigenvalue weighted by atomic mass is 35.5. The van der Waals surface area contributed by atoms with Crippen molar-refractivity contribution in [2.45, 2.75) is 70.0 Å². The molecule has 1 aliphatic heterocycles. The highest BCUT2D eigenvalue weighted by Gasteiger charge is 2.42. The Hall–Kier alpha value is -1.69. The first-order valence-corrected chi connectivity index (χ1v) is 10.6. The van der Waals surface area contributed by atoms with Gasteiger partial charge in [0.1, 0.15) is 11.3 Å². The highest BCUT2D eigenvalue weighted by Crippen LogP contribution is 2.49. The smallest absolute Gasteiger partial charge is 0.142 e. The first-order valence-electron chi connectivity index (χ1n) is 10.2. The highest BCUT2D eigenvalue weighted by molar-refractivity contribution is 6.34. The van der Waals surface area contributed by atoms with Crippen LogP contribution < -0.4 is 16.0 Å². The van der Waals surface area contributed by atoms with Gasteiger partial charge in [-0.1, -0.05) is 37.4 Å². The lowest BCUT2D eigenvalue weighted by atomic mass is 9.74. The van der Waals surface area contributed by atoms with Gasteiger partial charge in [-0.15, -0.1) is 0 Å². The number of nitrogens with one attached hydrogen (secondary N) is 3. The van der Waals surface area contributed by atoms with E-state index in [4.69, 9.17) is 16.0 Å². The predicted molar refractivity (Wildman–Crippen MR) is 115 cm³/mol. The van der Waals surface area contributed by atoms with Crippen LogP contribution in [-0.4, -0.2) is 17.3 Å². The maximum atomic E-state index is 9.24. The van der Waals surface area contributed by atoms with E-state index in [1.807, 2.05) is 6.07 Å². The van der Waals surface area contributed by atoms with Crippen molar-refractivity contribution >= 4 is 28.3 Å². The van der Waals surface area contributed by atoms with Crippen LogP contribution in [0.5, 0.6) is 0 Å². The van der Waals surface area contributed by atoms with Crippen LogP contribution in [0.4, 0.5) is 5.69 Å². The molecule has 28 heavy (non-hydrogen) atoms. The summed E-state index contributed by atoms with van der Waals surface area (Å²) in [6.45, 7) is 9.06. The zero-order valence-corrected chi connectivity index (χ0v) is 17.5. The third-order valence-corrected chi connectivity index (χ3v) is 6.44. The Bertz CT molecular complexity index is 897. The third kappa shape index (κ3) is 3.51. The van der Waals surface area contributed by atoms with Gasteiger partial charge in [-0.3, -0.25) is 0 Å². The van der Waals surface area contributed by atoms with Crippen molar-refractivity contribution in [3.05, 3.63) is 40.9 Å². The normalized spacial score (nSPS) is 18.8. The molecular weight excluding hydrogens is 374 g/mol. The van der Waals surface area contributed by atoms with E-state index >= 15 is 0 Å². The van der Waals surface area contributed by atoms with E-state index in [1.165, 1.54) is 19.3 Å². The standard InChI is InChI=1S/C22H30ClN3O2/c1-14-25-19-17(23)12-15-11-16(13-24-21(2,3)9-10-27)28-20(15)18(19)22(26-14)7-5-4-6-8-22/h11-12,24-27H,1,4-10,13H2,2-3H3. The molecule has 0 saturated heterocycles. The second kappa shape index (κ2) is 7.29. The van der Waals surface area contributed by atoms with Crippen LogP contribution in [0.15, 0.2) is 28.9 Å². The van der Waals surface area contributed by atoms with Crippen LogP contribution in [0.1, 0.15) is 63.7 Å². The molecule has 0 bridgehead atoms. The number of hydrogen-bond donors (Lipinski definition) is 4. The largest absolute Gasteiger partial charge is 0.459 e. The first-order chi connectivity index (χ1) is 13.3. The van der Waals surface area contributed by atoms with Gasteiger partial charge in [0.15, 0.2) is 0 Å². The molecule has 4 rings (SSSR count). The van der Waals surface area contributed by atoms with Gasteiger partial charge in [0.25, 0.3) is 0 Å². The maximum absolute atomic E-state index is 9.24. The van der Waals surface area contributed by atoms with E-state index in [-0.39, 0.29) is 17.7 Å². The molecule has 2 aliphatic rings. The van der Waals surface area contributed by atoms with Crippen LogP contribution in [0.3, 0.4) is 0 Å². The second-order valence-electron chi connectivity index (χ2n) is 8.82. The zero-order chi connectivity index (χ0) is 19.9. The summed E-state index contributed by atoms with van der Waals surface area (Å²) < 4.78 is 6.36. The summed E-state index contributed by atoms with van der Waals surface area (Å²) in [5.41, 5.74) is 2.65. The number of hydrogen-bond acceptors (Lipinski definition) is 5. The van der Waals surface area contributed by atoms with Crippen molar-refractivity contribution in [2.24, 2.45) is 0 Å². The molecule has 1 aromatic carbocycles. The van der Waals surface area contributed by atoms with Crippen molar-refractivity contribution < 1.29 is 9.52 Å². The number of aliphatic hydroxyl groups is 1. The van der Waals surface area contributed by atoms with Crippen molar-refractivity contribution in [3.8, 4) is 0 Å². The van der Waals surface area contributed by atoms with Gasteiger partial charge in [0, 0.05) is 23.1 Å². The van der Waals surface area contributed by atoms with E-state index in [1.54, 1.807) is 0 Å². The zero-order valence-electron chi connectivity index (χ0n) is 16.8. The number of fused-ring (bicyclic) bond motifs is 4. The quantitative estimate of drug-likeness (QED) is 0.566. The number of rotatable bonds is 5. The van der Waals surface area contributed by atoms with Gasteiger partial charge in [-0.05, 0) is 45.2 Å². The van der Waals surface area contributed by atoms with Crippen LogP contribution in [0.25, 0.3) is 11.0 Å². The fraction of sp³-hybridized carbons (Fsp3) is 0.545. The molecule has 6 heteroatoms. The fourth-order valence-electron chi connectivity index (χ4n) is 4.63. The lowest BCUT2D eigenvalue weighted by molar-refractivity contribution is 0.227. The van der Waals surface area contributed by atoms with E-state index < -0.39 is 0 Å². The summed E-state index contributed by atoms with van der Waals surface area (Å²) in [4.78, 5) is 0. The molecule has 2 aromatic rings. The van der Waals surface area contributed by atoms with Crippen LogP contribution in [0, 0.1) is 0 Å². The number of anilines is 1. The average Bonchev–Trinajstić information content (AvgIpc) is 3.03. The molecule has 0 amide bonds. The monoisotopic (exact) mass is 403 g/mol. The number of aliphatic hydroxyl groups excluding tert-OH is 1. The Kier molecular flexibility index (Phi) is 5.10.